The molecule has 2 rings (SSSR count). The lowest BCUT2D eigenvalue weighted by Crippen LogP contribution is -2.43. The lowest BCUT2D eigenvalue weighted by Gasteiger charge is -2.18. The highest BCUT2D eigenvalue weighted by Gasteiger charge is 2.13. The van der Waals surface area contributed by atoms with Gasteiger partial charge >= 0.3 is 6.03 Å². The third kappa shape index (κ3) is 6.24. The largest absolute Gasteiger partial charge is 0.496 e. The summed E-state index contributed by atoms with van der Waals surface area (Å²) >= 11 is 3.42. The number of hydrogen-bond acceptors (Lipinski definition) is 5. The van der Waals surface area contributed by atoms with Gasteiger partial charge in [-0.1, -0.05) is 15.9 Å². The van der Waals surface area contributed by atoms with E-state index in [2.05, 4.69) is 26.6 Å². The maximum absolute atomic E-state index is 12.0. The van der Waals surface area contributed by atoms with Crippen LogP contribution in [-0.2, 0) is 17.9 Å². The van der Waals surface area contributed by atoms with Crippen LogP contribution in [0.25, 0.3) is 0 Å². The van der Waals surface area contributed by atoms with Crippen LogP contribution in [-0.4, -0.2) is 37.5 Å². The van der Waals surface area contributed by atoms with E-state index in [-0.39, 0.29) is 13.1 Å². The van der Waals surface area contributed by atoms with Crippen LogP contribution < -0.4 is 15.4 Å². The Morgan fingerprint density at radius 1 is 1.32 bits per heavy atom. The van der Waals surface area contributed by atoms with Gasteiger partial charge in [0.25, 0.3) is 0 Å². The summed E-state index contributed by atoms with van der Waals surface area (Å²) in [5.41, 5.74) is 0.939. The minimum atomic E-state index is -0.560. The number of ether oxygens (including phenoxy) is 1. The van der Waals surface area contributed by atoms with Crippen molar-refractivity contribution in [2.45, 2.75) is 13.1 Å². The van der Waals surface area contributed by atoms with Crippen molar-refractivity contribution in [3.63, 3.8) is 0 Å². The predicted octanol–water partition coefficient (Wildman–Crippen LogP) is 2.51. The van der Waals surface area contributed by atoms with Crippen molar-refractivity contribution < 1.29 is 18.7 Å². The maximum atomic E-state index is 12.0. The molecule has 0 fully saturated rings. The van der Waals surface area contributed by atoms with E-state index < -0.39 is 11.9 Å². The summed E-state index contributed by atoms with van der Waals surface area (Å²) in [6.45, 7) is 0.797. The number of likely N-dealkylation sites (N-methyl/N-ethyl adjacent to an activating group) is 1. The molecule has 0 saturated heterocycles. The molecule has 7 nitrogen and oxygen atoms in total. The second kappa shape index (κ2) is 9.24. The first-order chi connectivity index (χ1) is 12.0. The second-order valence-electron chi connectivity index (χ2n) is 5.44. The quantitative estimate of drug-likeness (QED) is 0.733. The van der Waals surface area contributed by atoms with Gasteiger partial charge in [-0.25, -0.2) is 4.79 Å². The Balaban J connectivity index is 1.79. The van der Waals surface area contributed by atoms with Crippen molar-refractivity contribution in [1.29, 1.82) is 0 Å². The Morgan fingerprint density at radius 3 is 2.80 bits per heavy atom. The van der Waals surface area contributed by atoms with Crippen LogP contribution in [0.5, 0.6) is 5.75 Å². The topological polar surface area (TPSA) is 83.8 Å². The molecule has 8 heteroatoms. The van der Waals surface area contributed by atoms with Gasteiger partial charge in [-0.15, -0.1) is 0 Å². The number of carbonyl (C=O) groups is 2. The molecule has 3 amide bonds. The Labute approximate surface area is 154 Å². The SMILES string of the molecule is COc1ccc(Br)cc1CN(C)CC(=O)NC(=O)NCc1ccco1. The Kier molecular flexibility index (Phi) is 7.03. The molecule has 1 heterocycles. The number of furan rings is 1. The number of halogens is 1. The van der Waals surface area contributed by atoms with E-state index in [0.717, 1.165) is 15.8 Å². The minimum Gasteiger partial charge on any atom is -0.496 e. The molecule has 1 aromatic carbocycles. The number of hydrogen-bond donors (Lipinski definition) is 2. The molecule has 0 atom stereocenters. The average Bonchev–Trinajstić information content (AvgIpc) is 3.06. The van der Waals surface area contributed by atoms with Crippen LogP contribution in [0.4, 0.5) is 4.79 Å². The van der Waals surface area contributed by atoms with E-state index >= 15 is 0 Å². The van der Waals surface area contributed by atoms with E-state index in [1.807, 2.05) is 18.2 Å². The summed E-state index contributed by atoms with van der Waals surface area (Å²) in [4.78, 5) is 25.5. The molecule has 0 radical (unpaired) electrons. The lowest BCUT2D eigenvalue weighted by molar-refractivity contribution is -0.121. The molecule has 134 valence electrons. The zero-order chi connectivity index (χ0) is 18.2. The first-order valence-corrected chi connectivity index (χ1v) is 8.38. The fourth-order valence-corrected chi connectivity index (χ4v) is 2.66. The minimum absolute atomic E-state index is 0.0733. The summed E-state index contributed by atoms with van der Waals surface area (Å²) in [5.74, 6) is 0.960. The van der Waals surface area contributed by atoms with E-state index in [1.165, 1.54) is 6.26 Å². The zero-order valence-electron chi connectivity index (χ0n) is 14.0. The van der Waals surface area contributed by atoms with Gasteiger partial charge in [0.2, 0.25) is 5.91 Å². The highest BCUT2D eigenvalue weighted by atomic mass is 79.9. The first kappa shape index (κ1) is 19.0. The molecule has 0 spiro atoms. The van der Waals surface area contributed by atoms with E-state index in [4.69, 9.17) is 9.15 Å². The number of imide groups is 1. The molecule has 0 bridgehead atoms. The summed E-state index contributed by atoms with van der Waals surface area (Å²) < 4.78 is 11.3. The molecule has 25 heavy (non-hydrogen) atoms. The van der Waals surface area contributed by atoms with Crippen molar-refractivity contribution in [2.75, 3.05) is 20.7 Å². The number of nitrogens with one attached hydrogen (secondary N) is 2. The Morgan fingerprint density at radius 2 is 2.12 bits per heavy atom. The van der Waals surface area contributed by atoms with Crippen molar-refractivity contribution in [1.82, 2.24) is 15.5 Å². The molecule has 0 saturated carbocycles. The summed E-state index contributed by atoms with van der Waals surface area (Å²) in [5, 5.41) is 4.84. The van der Waals surface area contributed by atoms with Gasteiger partial charge in [0.15, 0.2) is 0 Å². The Bertz CT molecular complexity index is 719. The maximum Gasteiger partial charge on any atom is 0.321 e. The summed E-state index contributed by atoms with van der Waals surface area (Å²) in [6, 6.07) is 8.58. The van der Waals surface area contributed by atoms with Gasteiger partial charge in [0.05, 0.1) is 26.5 Å². The van der Waals surface area contributed by atoms with Crippen LogP contribution >= 0.6 is 15.9 Å². The molecule has 1 aromatic heterocycles. The van der Waals surface area contributed by atoms with Crippen LogP contribution in [0.1, 0.15) is 11.3 Å². The van der Waals surface area contributed by atoms with E-state index in [1.54, 1.807) is 31.2 Å². The van der Waals surface area contributed by atoms with Crippen molar-refractivity contribution in [2.24, 2.45) is 0 Å². The summed E-state index contributed by atoms with van der Waals surface area (Å²) in [6.07, 6.45) is 1.52. The van der Waals surface area contributed by atoms with Gasteiger partial charge < -0.3 is 14.5 Å². The molecule has 0 aliphatic heterocycles. The van der Waals surface area contributed by atoms with Gasteiger partial charge in [-0.3, -0.25) is 15.0 Å². The van der Waals surface area contributed by atoms with E-state index in [9.17, 15) is 9.59 Å². The normalized spacial score (nSPS) is 10.6. The van der Waals surface area contributed by atoms with Gasteiger partial charge in [0, 0.05) is 16.6 Å². The summed E-state index contributed by atoms with van der Waals surface area (Å²) in [7, 11) is 3.39. The number of rotatable bonds is 7. The fourth-order valence-electron chi connectivity index (χ4n) is 2.25. The van der Waals surface area contributed by atoms with E-state index in [0.29, 0.717) is 12.3 Å². The Hall–Kier alpha value is -2.32. The zero-order valence-corrected chi connectivity index (χ0v) is 15.6. The molecule has 0 aliphatic rings. The number of urea groups is 1. The third-order valence-corrected chi connectivity index (χ3v) is 3.85. The number of amides is 3. The number of nitrogens with zero attached hydrogens (tertiary/aromatic N) is 1. The monoisotopic (exact) mass is 409 g/mol. The predicted molar refractivity (Wildman–Crippen MR) is 96.1 cm³/mol. The van der Waals surface area contributed by atoms with Gasteiger partial charge in [-0.2, -0.15) is 0 Å². The molecule has 0 aliphatic carbocycles. The van der Waals surface area contributed by atoms with Crippen LogP contribution in [0.2, 0.25) is 0 Å². The fraction of sp³-hybridized carbons (Fsp3) is 0.294. The van der Waals surface area contributed by atoms with Crippen LogP contribution in [0.15, 0.2) is 45.5 Å². The number of benzene rings is 1. The number of carbonyl (C=O) groups excluding carboxylic acids is 2. The van der Waals surface area contributed by atoms with Crippen LogP contribution in [0.3, 0.4) is 0 Å². The standard InChI is InChI=1S/C17H20BrN3O4/c1-21(10-12-8-13(18)5-6-15(12)24-2)11-16(22)20-17(23)19-9-14-4-3-7-25-14/h3-8H,9-11H2,1-2H3,(H2,19,20,22,23). The average molecular weight is 410 g/mol. The lowest BCUT2D eigenvalue weighted by atomic mass is 10.2. The van der Waals surface area contributed by atoms with Gasteiger partial charge in [0.1, 0.15) is 11.5 Å². The molecule has 2 aromatic rings. The van der Waals surface area contributed by atoms with Crippen molar-refractivity contribution >= 4 is 27.9 Å². The molecular weight excluding hydrogens is 390 g/mol. The second-order valence-corrected chi connectivity index (χ2v) is 6.35. The number of methoxy groups -OCH3 is 1. The van der Waals surface area contributed by atoms with Crippen molar-refractivity contribution in [3.05, 3.63) is 52.4 Å². The smallest absolute Gasteiger partial charge is 0.321 e. The van der Waals surface area contributed by atoms with Crippen LogP contribution in [0, 0.1) is 0 Å². The van der Waals surface area contributed by atoms with Gasteiger partial charge in [-0.05, 0) is 37.4 Å². The highest BCUT2D eigenvalue weighted by molar-refractivity contribution is 9.10. The molecule has 0 unspecified atom stereocenters. The highest BCUT2D eigenvalue weighted by Crippen LogP contribution is 2.23. The molecule has 2 N–H and O–H groups in total. The first-order valence-electron chi connectivity index (χ1n) is 7.59. The molecular formula is C17H20BrN3O4. The third-order valence-electron chi connectivity index (χ3n) is 3.35. The van der Waals surface area contributed by atoms with Crippen molar-refractivity contribution in [3.8, 4) is 5.75 Å².